The number of amides is 2. The van der Waals surface area contributed by atoms with Gasteiger partial charge >= 0.3 is 12.0 Å². The van der Waals surface area contributed by atoms with Gasteiger partial charge in [0.05, 0.1) is 0 Å². The number of carbonyl (C=O) groups is 2. The Kier molecular flexibility index (Phi) is 7.08. The third-order valence-electron chi connectivity index (χ3n) is 2.88. The molecule has 6 heteroatoms. The highest BCUT2D eigenvalue weighted by atomic mass is 79.9. The Hall–Kier alpha value is -1.56. The predicted molar refractivity (Wildman–Crippen MR) is 81.8 cm³/mol. The molecule has 20 heavy (non-hydrogen) atoms. The van der Waals surface area contributed by atoms with Crippen molar-refractivity contribution in [2.24, 2.45) is 5.92 Å². The molecule has 1 aromatic carbocycles. The highest BCUT2D eigenvalue weighted by Crippen LogP contribution is 2.14. The predicted octanol–water partition coefficient (Wildman–Crippen LogP) is 3.46. The molecule has 3 N–H and O–H groups in total. The number of nitrogens with one attached hydrogen (secondary N) is 2. The van der Waals surface area contributed by atoms with Crippen molar-refractivity contribution in [1.82, 2.24) is 5.32 Å². The molecule has 0 aliphatic carbocycles. The first-order valence-corrected chi connectivity index (χ1v) is 7.29. The number of urea groups is 1. The van der Waals surface area contributed by atoms with Crippen molar-refractivity contribution in [3.8, 4) is 0 Å². The maximum atomic E-state index is 11.6. The number of carbonyl (C=O) groups excluding carboxylic acids is 1. The highest BCUT2D eigenvalue weighted by molar-refractivity contribution is 9.10. The van der Waals surface area contributed by atoms with Crippen LogP contribution in [0.4, 0.5) is 10.5 Å². The van der Waals surface area contributed by atoms with Gasteiger partial charge in [0.1, 0.15) is 0 Å². The van der Waals surface area contributed by atoms with Crippen LogP contribution in [0.1, 0.15) is 26.2 Å². The summed E-state index contributed by atoms with van der Waals surface area (Å²) in [5.74, 6) is -0.503. The van der Waals surface area contributed by atoms with E-state index in [-0.39, 0.29) is 18.4 Å². The summed E-state index contributed by atoms with van der Waals surface area (Å²) in [5.41, 5.74) is 0.727. The van der Waals surface area contributed by atoms with E-state index in [0.717, 1.165) is 16.6 Å². The van der Waals surface area contributed by atoms with E-state index in [2.05, 4.69) is 26.6 Å². The van der Waals surface area contributed by atoms with Crippen molar-refractivity contribution in [3.05, 3.63) is 28.7 Å². The van der Waals surface area contributed by atoms with Crippen LogP contribution in [0.5, 0.6) is 0 Å². The zero-order valence-corrected chi connectivity index (χ0v) is 12.9. The fourth-order valence-corrected chi connectivity index (χ4v) is 1.92. The molecule has 0 bridgehead atoms. The van der Waals surface area contributed by atoms with Gasteiger partial charge in [-0.15, -0.1) is 0 Å². The lowest BCUT2D eigenvalue weighted by Crippen LogP contribution is -2.30. The Bertz CT molecular complexity index is 448. The molecule has 1 aromatic rings. The number of anilines is 1. The van der Waals surface area contributed by atoms with Crippen molar-refractivity contribution in [2.75, 3.05) is 11.9 Å². The van der Waals surface area contributed by atoms with Crippen LogP contribution < -0.4 is 10.6 Å². The lowest BCUT2D eigenvalue weighted by Gasteiger charge is -2.11. The first-order chi connectivity index (χ1) is 9.47. The van der Waals surface area contributed by atoms with E-state index >= 15 is 0 Å². The number of benzene rings is 1. The Labute approximate surface area is 126 Å². The quantitative estimate of drug-likeness (QED) is 0.709. The van der Waals surface area contributed by atoms with Gasteiger partial charge in [0.15, 0.2) is 0 Å². The highest BCUT2D eigenvalue weighted by Gasteiger charge is 2.06. The van der Waals surface area contributed by atoms with E-state index in [4.69, 9.17) is 5.11 Å². The zero-order valence-electron chi connectivity index (χ0n) is 11.4. The van der Waals surface area contributed by atoms with Crippen LogP contribution in [0.15, 0.2) is 28.7 Å². The van der Waals surface area contributed by atoms with Crippen molar-refractivity contribution in [3.63, 3.8) is 0 Å². The van der Waals surface area contributed by atoms with Crippen LogP contribution in [0, 0.1) is 5.92 Å². The van der Waals surface area contributed by atoms with Crippen LogP contribution in [0.3, 0.4) is 0 Å². The minimum absolute atomic E-state index is 0.173. The fraction of sp³-hybridized carbons (Fsp3) is 0.429. The van der Waals surface area contributed by atoms with E-state index in [0.29, 0.717) is 13.0 Å². The maximum absolute atomic E-state index is 11.6. The van der Waals surface area contributed by atoms with Crippen molar-refractivity contribution < 1.29 is 14.7 Å². The Morgan fingerprint density at radius 2 is 1.90 bits per heavy atom. The molecule has 0 saturated heterocycles. The van der Waals surface area contributed by atoms with Crippen LogP contribution >= 0.6 is 15.9 Å². The third kappa shape index (κ3) is 7.13. The second kappa shape index (κ2) is 8.58. The maximum Gasteiger partial charge on any atom is 0.319 e. The SMILES string of the molecule is CC(CCNC(=O)Nc1ccc(Br)cc1)CCC(=O)O. The van der Waals surface area contributed by atoms with Gasteiger partial charge in [0, 0.05) is 23.1 Å². The van der Waals surface area contributed by atoms with Crippen LogP contribution in [-0.4, -0.2) is 23.7 Å². The van der Waals surface area contributed by atoms with E-state index in [9.17, 15) is 9.59 Å². The number of rotatable bonds is 7. The van der Waals surface area contributed by atoms with Crippen LogP contribution in [0.2, 0.25) is 0 Å². The second-order valence-corrected chi connectivity index (χ2v) is 5.63. The molecule has 1 atom stereocenters. The molecule has 110 valence electrons. The van der Waals surface area contributed by atoms with Gasteiger partial charge in [-0.2, -0.15) is 0 Å². The van der Waals surface area contributed by atoms with Crippen molar-refractivity contribution in [1.29, 1.82) is 0 Å². The lowest BCUT2D eigenvalue weighted by molar-refractivity contribution is -0.137. The van der Waals surface area contributed by atoms with Crippen LogP contribution in [0.25, 0.3) is 0 Å². The molecule has 0 aliphatic heterocycles. The van der Waals surface area contributed by atoms with Gasteiger partial charge in [-0.1, -0.05) is 22.9 Å². The monoisotopic (exact) mass is 342 g/mol. The van der Waals surface area contributed by atoms with Gasteiger partial charge in [0.25, 0.3) is 0 Å². The number of hydrogen-bond donors (Lipinski definition) is 3. The van der Waals surface area contributed by atoms with Crippen molar-refractivity contribution in [2.45, 2.75) is 26.2 Å². The molecule has 1 rings (SSSR count). The minimum Gasteiger partial charge on any atom is -0.481 e. The molecule has 0 fully saturated rings. The van der Waals surface area contributed by atoms with E-state index in [1.165, 1.54) is 0 Å². The smallest absolute Gasteiger partial charge is 0.319 e. The molecule has 1 unspecified atom stereocenters. The largest absolute Gasteiger partial charge is 0.481 e. The summed E-state index contributed by atoms with van der Waals surface area (Å²) in [5, 5.41) is 14.1. The average molecular weight is 343 g/mol. The zero-order chi connectivity index (χ0) is 15.0. The normalized spacial score (nSPS) is 11.7. The second-order valence-electron chi connectivity index (χ2n) is 4.71. The van der Waals surface area contributed by atoms with Gasteiger partial charge in [0.2, 0.25) is 0 Å². The standard InChI is InChI=1S/C14H19BrN2O3/c1-10(2-7-13(18)19)8-9-16-14(20)17-12-5-3-11(15)4-6-12/h3-6,10H,2,7-9H2,1H3,(H,18,19)(H2,16,17,20). The molecule has 2 amide bonds. The molecule has 0 aliphatic rings. The Morgan fingerprint density at radius 3 is 2.50 bits per heavy atom. The Morgan fingerprint density at radius 1 is 1.25 bits per heavy atom. The number of carboxylic acids is 1. The van der Waals surface area contributed by atoms with E-state index < -0.39 is 5.97 Å². The first-order valence-electron chi connectivity index (χ1n) is 6.49. The number of hydrogen-bond acceptors (Lipinski definition) is 2. The van der Waals surface area contributed by atoms with Gasteiger partial charge in [-0.05, 0) is 43.0 Å². The molecular weight excluding hydrogens is 324 g/mol. The number of halogens is 1. The van der Waals surface area contributed by atoms with E-state index in [1.54, 1.807) is 12.1 Å². The van der Waals surface area contributed by atoms with Crippen molar-refractivity contribution >= 4 is 33.6 Å². The lowest BCUT2D eigenvalue weighted by atomic mass is 10.0. The summed E-state index contributed by atoms with van der Waals surface area (Å²) >= 11 is 3.32. The topological polar surface area (TPSA) is 78.4 Å². The molecule has 0 heterocycles. The summed E-state index contributed by atoms with van der Waals surface area (Å²) in [6.45, 7) is 2.51. The summed E-state index contributed by atoms with van der Waals surface area (Å²) in [4.78, 5) is 22.0. The molecule has 0 aromatic heterocycles. The first kappa shape index (κ1) is 16.5. The molecule has 5 nitrogen and oxygen atoms in total. The summed E-state index contributed by atoms with van der Waals surface area (Å²) in [6, 6.07) is 7.06. The molecular formula is C14H19BrN2O3. The van der Waals surface area contributed by atoms with Gasteiger partial charge in [-0.3, -0.25) is 4.79 Å². The summed E-state index contributed by atoms with van der Waals surface area (Å²) < 4.78 is 0.954. The summed E-state index contributed by atoms with van der Waals surface area (Å²) in [7, 11) is 0. The number of aliphatic carboxylic acids is 1. The van der Waals surface area contributed by atoms with Crippen LogP contribution in [-0.2, 0) is 4.79 Å². The Balaban J connectivity index is 2.20. The fourth-order valence-electron chi connectivity index (χ4n) is 1.65. The van der Waals surface area contributed by atoms with Gasteiger partial charge < -0.3 is 15.7 Å². The average Bonchev–Trinajstić information content (AvgIpc) is 2.39. The van der Waals surface area contributed by atoms with Gasteiger partial charge in [-0.25, -0.2) is 4.79 Å². The molecule has 0 saturated carbocycles. The molecule has 0 radical (unpaired) electrons. The minimum atomic E-state index is -0.780. The number of carboxylic acid groups (broad SMARTS) is 1. The molecule has 0 spiro atoms. The third-order valence-corrected chi connectivity index (χ3v) is 3.40. The summed E-state index contributed by atoms with van der Waals surface area (Å²) in [6.07, 6.45) is 1.57. The van der Waals surface area contributed by atoms with E-state index in [1.807, 2.05) is 19.1 Å².